The van der Waals surface area contributed by atoms with Gasteiger partial charge in [-0.1, -0.05) is 60.9 Å². The second-order valence-corrected chi connectivity index (χ2v) is 9.13. The standard InChI is InChI=1S/C22H29N3O2S2/c1-15-8-7-11-17(12-15)14-29-20-18(21(26)27-2)19(24-22(25-20)28-3)23-13-16-9-5-4-6-10-16/h7-8,11-12,16H,4-6,9-10,13-14H2,1-3H3,(H,23,24,25). The number of thioether (sulfide) groups is 2. The Morgan fingerprint density at radius 2 is 2.03 bits per heavy atom. The fraction of sp³-hybridized carbons (Fsp3) is 0.500. The second-order valence-electron chi connectivity index (χ2n) is 7.39. The topological polar surface area (TPSA) is 64.1 Å². The number of aromatic nitrogens is 2. The summed E-state index contributed by atoms with van der Waals surface area (Å²) in [7, 11) is 1.41. The van der Waals surface area contributed by atoms with Gasteiger partial charge in [-0.25, -0.2) is 14.8 Å². The van der Waals surface area contributed by atoms with Gasteiger partial charge in [0.25, 0.3) is 0 Å². The van der Waals surface area contributed by atoms with E-state index < -0.39 is 5.97 Å². The van der Waals surface area contributed by atoms with Gasteiger partial charge in [-0.05, 0) is 37.5 Å². The summed E-state index contributed by atoms with van der Waals surface area (Å²) in [6, 6.07) is 8.38. The molecule has 0 atom stereocenters. The van der Waals surface area contributed by atoms with Crippen molar-refractivity contribution in [3.05, 3.63) is 41.0 Å². The summed E-state index contributed by atoms with van der Waals surface area (Å²) in [4.78, 5) is 21.8. The predicted molar refractivity (Wildman–Crippen MR) is 121 cm³/mol. The van der Waals surface area contributed by atoms with E-state index in [4.69, 9.17) is 4.74 Å². The van der Waals surface area contributed by atoms with Crippen molar-refractivity contribution >= 4 is 35.3 Å². The van der Waals surface area contributed by atoms with Crippen molar-refractivity contribution in [2.45, 2.75) is 55.0 Å². The van der Waals surface area contributed by atoms with Crippen LogP contribution in [0.1, 0.15) is 53.6 Å². The minimum absolute atomic E-state index is 0.393. The van der Waals surface area contributed by atoms with Gasteiger partial charge >= 0.3 is 5.97 Å². The van der Waals surface area contributed by atoms with E-state index in [-0.39, 0.29) is 0 Å². The summed E-state index contributed by atoms with van der Waals surface area (Å²) in [5.41, 5.74) is 2.87. The Bertz CT molecular complexity index is 839. The molecule has 1 aliphatic carbocycles. The van der Waals surface area contributed by atoms with Crippen LogP contribution in [-0.2, 0) is 10.5 Å². The average molecular weight is 432 g/mol. The van der Waals surface area contributed by atoms with Crippen LogP contribution in [0, 0.1) is 12.8 Å². The van der Waals surface area contributed by atoms with E-state index in [9.17, 15) is 4.79 Å². The number of nitrogens with one attached hydrogen (secondary N) is 1. The Morgan fingerprint density at radius 3 is 2.72 bits per heavy atom. The van der Waals surface area contributed by atoms with Crippen molar-refractivity contribution < 1.29 is 9.53 Å². The number of benzene rings is 1. The van der Waals surface area contributed by atoms with Crippen LogP contribution in [0.2, 0.25) is 0 Å². The number of methoxy groups -OCH3 is 1. The summed E-state index contributed by atoms with van der Waals surface area (Å²) in [5, 5.41) is 4.77. The van der Waals surface area contributed by atoms with Crippen molar-refractivity contribution in [3.63, 3.8) is 0 Å². The maximum atomic E-state index is 12.6. The zero-order valence-electron chi connectivity index (χ0n) is 17.4. The van der Waals surface area contributed by atoms with Gasteiger partial charge in [0, 0.05) is 12.3 Å². The van der Waals surface area contributed by atoms with E-state index in [2.05, 4.69) is 46.5 Å². The van der Waals surface area contributed by atoms with E-state index >= 15 is 0 Å². The molecular weight excluding hydrogens is 402 g/mol. The minimum Gasteiger partial charge on any atom is -0.465 e. The highest BCUT2D eigenvalue weighted by molar-refractivity contribution is 7.99. The number of esters is 1. The lowest BCUT2D eigenvalue weighted by molar-refractivity contribution is 0.0596. The second kappa shape index (κ2) is 10.9. The fourth-order valence-corrected chi connectivity index (χ4v) is 5.00. The molecule has 1 saturated carbocycles. The lowest BCUT2D eigenvalue weighted by Gasteiger charge is -2.23. The molecule has 0 amide bonds. The first-order valence-electron chi connectivity index (χ1n) is 10.1. The summed E-state index contributed by atoms with van der Waals surface area (Å²) in [6.07, 6.45) is 8.31. The van der Waals surface area contributed by atoms with Gasteiger partial charge in [0.15, 0.2) is 5.16 Å². The molecule has 5 nitrogen and oxygen atoms in total. The van der Waals surface area contributed by atoms with Crippen molar-refractivity contribution in [1.29, 1.82) is 0 Å². The van der Waals surface area contributed by atoms with Gasteiger partial charge < -0.3 is 10.1 Å². The molecule has 1 N–H and O–H groups in total. The van der Waals surface area contributed by atoms with Crippen LogP contribution < -0.4 is 5.32 Å². The molecule has 1 fully saturated rings. The molecule has 0 aliphatic heterocycles. The van der Waals surface area contributed by atoms with Gasteiger partial charge in [-0.3, -0.25) is 0 Å². The molecule has 1 heterocycles. The summed E-state index contributed by atoms with van der Waals surface area (Å²) in [6.45, 7) is 2.91. The molecule has 1 aromatic heterocycles. The molecule has 3 rings (SSSR count). The van der Waals surface area contributed by atoms with Crippen molar-refractivity contribution in [3.8, 4) is 0 Å². The number of hydrogen-bond donors (Lipinski definition) is 1. The zero-order chi connectivity index (χ0) is 20.6. The Morgan fingerprint density at radius 1 is 1.24 bits per heavy atom. The Kier molecular flexibility index (Phi) is 8.24. The van der Waals surface area contributed by atoms with Crippen LogP contribution in [0.3, 0.4) is 0 Å². The number of rotatable bonds is 8. The summed E-state index contributed by atoms with van der Waals surface area (Å²) in [5.74, 6) is 1.56. The number of aryl methyl sites for hydroxylation is 1. The average Bonchev–Trinajstić information content (AvgIpc) is 2.76. The molecule has 0 spiro atoms. The SMILES string of the molecule is COC(=O)c1c(NCC2CCCCC2)nc(SC)nc1SCc1cccc(C)c1. The largest absolute Gasteiger partial charge is 0.465 e. The summed E-state index contributed by atoms with van der Waals surface area (Å²) < 4.78 is 5.08. The molecule has 156 valence electrons. The number of nitrogens with zero attached hydrogens (tertiary/aromatic N) is 2. The van der Waals surface area contributed by atoms with E-state index in [1.165, 1.54) is 62.1 Å². The van der Waals surface area contributed by atoms with Crippen molar-refractivity contribution in [1.82, 2.24) is 9.97 Å². The zero-order valence-corrected chi connectivity index (χ0v) is 19.0. The third kappa shape index (κ3) is 6.12. The number of ether oxygens (including phenoxy) is 1. The molecular formula is C22H29N3O2S2. The number of hydrogen-bond acceptors (Lipinski definition) is 7. The fourth-order valence-electron chi connectivity index (χ4n) is 3.62. The maximum Gasteiger partial charge on any atom is 0.344 e. The Hall–Kier alpha value is -1.73. The smallest absolute Gasteiger partial charge is 0.344 e. The van der Waals surface area contributed by atoms with E-state index in [1.807, 2.05) is 6.26 Å². The molecule has 1 aromatic carbocycles. The van der Waals surface area contributed by atoms with E-state index in [0.717, 1.165) is 12.3 Å². The van der Waals surface area contributed by atoms with Crippen LogP contribution >= 0.6 is 23.5 Å². The highest BCUT2D eigenvalue weighted by Crippen LogP contribution is 2.32. The van der Waals surface area contributed by atoms with Crippen LogP contribution in [0.25, 0.3) is 0 Å². The van der Waals surface area contributed by atoms with E-state index in [1.54, 1.807) is 11.8 Å². The highest BCUT2D eigenvalue weighted by atomic mass is 32.2. The van der Waals surface area contributed by atoms with Gasteiger partial charge in [0.05, 0.1) is 7.11 Å². The predicted octanol–water partition coefficient (Wildman–Crippen LogP) is 5.58. The highest BCUT2D eigenvalue weighted by Gasteiger charge is 2.23. The molecule has 0 unspecified atom stereocenters. The lowest BCUT2D eigenvalue weighted by atomic mass is 9.89. The van der Waals surface area contributed by atoms with Crippen molar-refractivity contribution in [2.24, 2.45) is 5.92 Å². The molecule has 0 radical (unpaired) electrons. The third-order valence-electron chi connectivity index (χ3n) is 5.17. The van der Waals surface area contributed by atoms with Gasteiger partial charge in [-0.15, -0.1) is 11.8 Å². The van der Waals surface area contributed by atoms with E-state index in [0.29, 0.717) is 27.5 Å². The molecule has 0 saturated heterocycles. The first-order valence-corrected chi connectivity index (χ1v) is 12.3. The maximum absolute atomic E-state index is 12.6. The first kappa shape index (κ1) is 22.0. The number of carbonyl (C=O) groups excluding carboxylic acids is 1. The lowest BCUT2D eigenvalue weighted by Crippen LogP contribution is -2.20. The molecule has 0 bridgehead atoms. The van der Waals surface area contributed by atoms with Gasteiger partial charge in [-0.2, -0.15) is 0 Å². The Balaban J connectivity index is 1.85. The van der Waals surface area contributed by atoms with Crippen LogP contribution in [0.5, 0.6) is 0 Å². The van der Waals surface area contributed by atoms with Crippen LogP contribution in [0.15, 0.2) is 34.4 Å². The summed E-state index contributed by atoms with van der Waals surface area (Å²) >= 11 is 3.04. The molecule has 7 heteroatoms. The minimum atomic E-state index is -0.393. The normalized spacial score (nSPS) is 14.6. The third-order valence-corrected chi connectivity index (χ3v) is 6.76. The number of anilines is 1. The number of carbonyl (C=O) groups is 1. The quantitative estimate of drug-likeness (QED) is 0.253. The van der Waals surface area contributed by atoms with Crippen LogP contribution in [0.4, 0.5) is 5.82 Å². The molecule has 1 aliphatic rings. The molecule has 29 heavy (non-hydrogen) atoms. The Labute approximate surface area is 181 Å². The van der Waals surface area contributed by atoms with Gasteiger partial charge in [0.1, 0.15) is 16.4 Å². The van der Waals surface area contributed by atoms with Crippen molar-refractivity contribution in [2.75, 3.05) is 25.2 Å². The first-order chi connectivity index (χ1) is 14.1. The van der Waals surface area contributed by atoms with Crippen LogP contribution in [-0.4, -0.2) is 35.8 Å². The monoisotopic (exact) mass is 431 g/mol. The van der Waals surface area contributed by atoms with Gasteiger partial charge in [0.2, 0.25) is 0 Å². The molecule has 2 aromatic rings.